The van der Waals surface area contributed by atoms with Crippen molar-refractivity contribution in [1.82, 2.24) is 9.80 Å². The number of amides is 1. The van der Waals surface area contributed by atoms with Gasteiger partial charge in [-0.25, -0.2) is 0 Å². The lowest BCUT2D eigenvalue weighted by molar-refractivity contribution is -0.130. The summed E-state index contributed by atoms with van der Waals surface area (Å²) in [6.45, 7) is 3.97. The Hall–Kier alpha value is -0.790. The molecule has 5 heteroatoms. The Bertz CT molecular complexity index is 231. The summed E-state index contributed by atoms with van der Waals surface area (Å²) in [5.41, 5.74) is 0. The Kier molecular flexibility index (Phi) is 4.71. The summed E-state index contributed by atoms with van der Waals surface area (Å²) in [6, 6.07) is 2.12. The van der Waals surface area contributed by atoms with E-state index in [1.165, 1.54) is 0 Å². The molecule has 0 unspecified atom stereocenters. The Balaban J connectivity index is 2.25. The normalized spacial score (nSPS) is 17.9. The zero-order valence-electron chi connectivity index (χ0n) is 8.08. The van der Waals surface area contributed by atoms with Gasteiger partial charge in [0.15, 0.2) is 0 Å². The molecule has 1 amide bonds. The van der Waals surface area contributed by atoms with Gasteiger partial charge >= 0.3 is 0 Å². The van der Waals surface area contributed by atoms with Crippen LogP contribution in [0.15, 0.2) is 0 Å². The topological polar surface area (TPSA) is 47.3 Å². The van der Waals surface area contributed by atoms with E-state index in [0.717, 1.165) is 32.7 Å². The van der Waals surface area contributed by atoms with Gasteiger partial charge in [-0.15, -0.1) is 11.6 Å². The van der Waals surface area contributed by atoms with Crippen molar-refractivity contribution in [2.75, 3.05) is 38.6 Å². The van der Waals surface area contributed by atoms with E-state index in [1.807, 2.05) is 0 Å². The fraction of sp³-hybridized carbons (Fsp3) is 0.778. The lowest BCUT2D eigenvalue weighted by atomic mass is 10.3. The summed E-state index contributed by atoms with van der Waals surface area (Å²) >= 11 is 5.46. The van der Waals surface area contributed by atoms with Crippen molar-refractivity contribution in [2.24, 2.45) is 0 Å². The highest BCUT2D eigenvalue weighted by molar-refractivity contribution is 6.27. The molecule has 1 fully saturated rings. The van der Waals surface area contributed by atoms with Crippen LogP contribution >= 0.6 is 11.6 Å². The van der Waals surface area contributed by atoms with Crippen LogP contribution < -0.4 is 0 Å². The van der Waals surface area contributed by atoms with Crippen molar-refractivity contribution in [3.63, 3.8) is 0 Å². The predicted octanol–water partition coefficient (Wildman–Crippen LogP) is 0.283. The molecule has 0 aromatic heterocycles. The second kappa shape index (κ2) is 5.84. The van der Waals surface area contributed by atoms with Gasteiger partial charge in [-0.05, 0) is 0 Å². The van der Waals surface area contributed by atoms with E-state index < -0.39 is 0 Å². The SMILES string of the molecule is N#CCCN1CCN(C(=O)CCl)CC1. The molecule has 0 spiro atoms. The second-order valence-electron chi connectivity index (χ2n) is 3.26. The van der Waals surface area contributed by atoms with E-state index in [4.69, 9.17) is 16.9 Å². The molecule has 14 heavy (non-hydrogen) atoms. The van der Waals surface area contributed by atoms with E-state index in [1.54, 1.807) is 4.90 Å². The molecule has 4 nitrogen and oxygen atoms in total. The van der Waals surface area contributed by atoms with E-state index in [2.05, 4.69) is 11.0 Å². The molecular formula is C9H14ClN3O. The van der Waals surface area contributed by atoms with Crippen molar-refractivity contribution in [2.45, 2.75) is 6.42 Å². The third kappa shape index (κ3) is 3.17. The van der Waals surface area contributed by atoms with Gasteiger partial charge in [-0.1, -0.05) is 0 Å². The summed E-state index contributed by atoms with van der Waals surface area (Å²) in [4.78, 5) is 15.2. The van der Waals surface area contributed by atoms with Crippen LogP contribution in [0, 0.1) is 11.3 Å². The molecule has 0 N–H and O–H groups in total. The van der Waals surface area contributed by atoms with Crippen molar-refractivity contribution in [3.8, 4) is 6.07 Å². The Labute approximate surface area is 89.0 Å². The number of hydrogen-bond acceptors (Lipinski definition) is 3. The molecule has 1 saturated heterocycles. The van der Waals surface area contributed by atoms with Crippen molar-refractivity contribution < 1.29 is 4.79 Å². The number of piperazine rings is 1. The van der Waals surface area contributed by atoms with Crippen LogP contribution in [0.3, 0.4) is 0 Å². The number of alkyl halides is 1. The van der Waals surface area contributed by atoms with Crippen LogP contribution in [0.5, 0.6) is 0 Å². The molecule has 0 saturated carbocycles. The van der Waals surface area contributed by atoms with E-state index in [0.29, 0.717) is 6.42 Å². The quantitative estimate of drug-likeness (QED) is 0.636. The third-order valence-corrected chi connectivity index (χ3v) is 2.61. The van der Waals surface area contributed by atoms with Gasteiger partial charge in [0.05, 0.1) is 6.07 Å². The number of carbonyl (C=O) groups excluding carboxylic acids is 1. The van der Waals surface area contributed by atoms with Crippen LogP contribution in [0.25, 0.3) is 0 Å². The number of rotatable bonds is 3. The molecule has 1 aliphatic rings. The van der Waals surface area contributed by atoms with Gasteiger partial charge in [0.2, 0.25) is 5.91 Å². The first-order valence-electron chi connectivity index (χ1n) is 4.71. The summed E-state index contributed by atoms with van der Waals surface area (Å²) in [5, 5.41) is 8.42. The minimum Gasteiger partial charge on any atom is -0.339 e. The summed E-state index contributed by atoms with van der Waals surface area (Å²) in [5.74, 6) is 0.0738. The molecule has 0 radical (unpaired) electrons. The highest BCUT2D eigenvalue weighted by Crippen LogP contribution is 2.03. The average molecular weight is 216 g/mol. The number of hydrogen-bond donors (Lipinski definition) is 0. The van der Waals surface area contributed by atoms with Gasteiger partial charge in [0, 0.05) is 39.1 Å². The summed E-state index contributed by atoms with van der Waals surface area (Å²) in [6.07, 6.45) is 0.559. The standard InChI is InChI=1S/C9H14ClN3O/c10-8-9(14)13-6-4-12(5-7-13)3-1-2-11/h1,3-8H2. The van der Waals surface area contributed by atoms with Crippen LogP contribution in [0.1, 0.15) is 6.42 Å². The molecular weight excluding hydrogens is 202 g/mol. The largest absolute Gasteiger partial charge is 0.339 e. The van der Waals surface area contributed by atoms with Gasteiger partial charge in [-0.3, -0.25) is 9.69 Å². The molecule has 0 aliphatic carbocycles. The van der Waals surface area contributed by atoms with Crippen LogP contribution in [0.2, 0.25) is 0 Å². The fourth-order valence-electron chi connectivity index (χ4n) is 1.51. The molecule has 1 rings (SSSR count). The number of nitrogens with zero attached hydrogens (tertiary/aromatic N) is 3. The minimum atomic E-state index is 0.00611. The minimum absolute atomic E-state index is 0.00611. The zero-order chi connectivity index (χ0) is 10.4. The van der Waals surface area contributed by atoms with Crippen LogP contribution in [0.4, 0.5) is 0 Å². The van der Waals surface area contributed by atoms with Gasteiger partial charge < -0.3 is 4.90 Å². The highest BCUT2D eigenvalue weighted by atomic mass is 35.5. The van der Waals surface area contributed by atoms with Gasteiger partial charge in [-0.2, -0.15) is 5.26 Å². The summed E-state index contributed by atoms with van der Waals surface area (Å²) < 4.78 is 0. The third-order valence-electron chi connectivity index (χ3n) is 2.38. The van der Waals surface area contributed by atoms with Gasteiger partial charge in [0.1, 0.15) is 5.88 Å². The lowest BCUT2D eigenvalue weighted by Crippen LogP contribution is -2.49. The molecule has 1 aliphatic heterocycles. The molecule has 1 heterocycles. The van der Waals surface area contributed by atoms with Gasteiger partial charge in [0.25, 0.3) is 0 Å². The van der Waals surface area contributed by atoms with E-state index >= 15 is 0 Å². The molecule has 0 aromatic carbocycles. The first-order valence-corrected chi connectivity index (χ1v) is 5.24. The van der Waals surface area contributed by atoms with E-state index in [9.17, 15) is 4.79 Å². The Morgan fingerprint density at radius 2 is 2.00 bits per heavy atom. The summed E-state index contributed by atoms with van der Waals surface area (Å²) in [7, 11) is 0. The average Bonchev–Trinajstić information content (AvgIpc) is 2.26. The molecule has 0 atom stereocenters. The van der Waals surface area contributed by atoms with Crippen LogP contribution in [-0.2, 0) is 4.79 Å². The fourth-order valence-corrected chi connectivity index (χ4v) is 1.68. The number of halogens is 1. The first-order chi connectivity index (χ1) is 6.77. The number of carbonyl (C=O) groups is 1. The maximum absolute atomic E-state index is 11.2. The van der Waals surface area contributed by atoms with Crippen molar-refractivity contribution in [3.05, 3.63) is 0 Å². The monoisotopic (exact) mass is 215 g/mol. The number of nitriles is 1. The smallest absolute Gasteiger partial charge is 0.237 e. The highest BCUT2D eigenvalue weighted by Gasteiger charge is 2.19. The lowest BCUT2D eigenvalue weighted by Gasteiger charge is -2.33. The maximum Gasteiger partial charge on any atom is 0.237 e. The van der Waals surface area contributed by atoms with Crippen molar-refractivity contribution >= 4 is 17.5 Å². The van der Waals surface area contributed by atoms with E-state index in [-0.39, 0.29) is 11.8 Å². The second-order valence-corrected chi connectivity index (χ2v) is 3.53. The maximum atomic E-state index is 11.2. The molecule has 0 aromatic rings. The predicted molar refractivity (Wildman–Crippen MR) is 54.0 cm³/mol. The zero-order valence-corrected chi connectivity index (χ0v) is 8.83. The van der Waals surface area contributed by atoms with Crippen LogP contribution in [-0.4, -0.2) is 54.3 Å². The molecule has 78 valence electrons. The van der Waals surface area contributed by atoms with Crippen molar-refractivity contribution in [1.29, 1.82) is 5.26 Å². The Morgan fingerprint density at radius 3 is 2.50 bits per heavy atom. The first kappa shape index (κ1) is 11.3. The molecule has 0 bridgehead atoms. The Morgan fingerprint density at radius 1 is 1.36 bits per heavy atom.